The second-order valence-corrected chi connectivity index (χ2v) is 0.318. The Bertz CT molecular complexity index is 28.6. The van der Waals surface area contributed by atoms with Crippen LogP contribution in [0.3, 0.4) is 0 Å². The Kier molecular flexibility index (Phi) is 60.3. The van der Waals surface area contributed by atoms with E-state index in [9.17, 15) is 0 Å². The molecule has 0 spiro atoms. The van der Waals surface area contributed by atoms with Crippen molar-refractivity contribution in [2.45, 2.75) is 0 Å². The molecule has 0 fully saturated rings. The van der Waals surface area contributed by atoms with Crippen LogP contribution in [0.1, 0.15) is 0 Å². The number of aliphatic hydroxyl groups excluding tert-OH is 1. The maximum atomic E-state index is 8.60. The summed E-state index contributed by atoms with van der Waals surface area (Å²) >= 11 is 2.34. The summed E-state index contributed by atoms with van der Waals surface area (Å²) in [5.41, 5.74) is 0. The topological polar surface area (TPSA) is 37.3 Å². The standard InChI is InChI=1S/CH4O.CO.Mn/c2*1-2;/h2H,1H3;;. The molecule has 0 saturated carbocycles. The second kappa shape index (κ2) is 33.9. The van der Waals surface area contributed by atoms with Crippen LogP contribution in [0.5, 0.6) is 0 Å². The number of hydrogen-bond donors (Lipinski definition) is 1. The number of aliphatic hydroxyl groups is 1. The SMILES string of the molecule is CO.O=[C]=[Mn]. The molecule has 0 aromatic carbocycles. The van der Waals surface area contributed by atoms with Gasteiger partial charge in [-0.3, -0.25) is 0 Å². The van der Waals surface area contributed by atoms with E-state index >= 15 is 0 Å². The summed E-state index contributed by atoms with van der Waals surface area (Å²) in [6.45, 7) is 0. The van der Waals surface area contributed by atoms with E-state index in [0.717, 1.165) is 7.11 Å². The van der Waals surface area contributed by atoms with Crippen molar-refractivity contribution < 1.29 is 25.5 Å². The van der Waals surface area contributed by atoms with Crippen LogP contribution in [-0.4, -0.2) is 17.0 Å². The molecular weight excluding hydrogens is 111 g/mol. The quantitative estimate of drug-likeness (QED) is 0.420. The number of rotatable bonds is 0. The third-order valence-electron chi connectivity index (χ3n) is 0. The Balaban J connectivity index is 0. The maximum absolute atomic E-state index is 8.60. The molecule has 31 valence electrons. The van der Waals surface area contributed by atoms with E-state index < -0.39 is 0 Å². The minimum atomic E-state index is 1.00. The molecular formula is C2H4MnO2. The third-order valence-corrected chi connectivity index (χ3v) is 0. The van der Waals surface area contributed by atoms with Crippen molar-refractivity contribution in [3.8, 4) is 0 Å². The van der Waals surface area contributed by atoms with Crippen molar-refractivity contribution in [3.63, 3.8) is 0 Å². The summed E-state index contributed by atoms with van der Waals surface area (Å²) < 4.78 is 0. The molecule has 3 heteroatoms. The van der Waals surface area contributed by atoms with Crippen molar-refractivity contribution >= 4 is 4.79 Å². The third kappa shape index (κ3) is 4870. The normalized spacial score (nSPS) is 2.80. The van der Waals surface area contributed by atoms with Gasteiger partial charge in [0.25, 0.3) is 0 Å². The summed E-state index contributed by atoms with van der Waals surface area (Å²) in [6.07, 6.45) is 0. The van der Waals surface area contributed by atoms with E-state index in [1.807, 2.05) is 0 Å². The molecule has 2 nitrogen and oxygen atoms in total. The molecule has 0 bridgehead atoms. The van der Waals surface area contributed by atoms with Gasteiger partial charge >= 0.3 is 25.2 Å². The summed E-state index contributed by atoms with van der Waals surface area (Å²) in [5, 5.41) is 7.00. The molecule has 0 aliphatic carbocycles. The first-order valence-corrected chi connectivity index (χ1v) is 1.43. The predicted octanol–water partition coefficient (Wildman–Crippen LogP) is -0.791. The Morgan fingerprint density at radius 2 is 1.80 bits per heavy atom. The first-order chi connectivity index (χ1) is 2.41. The zero-order valence-corrected chi connectivity index (χ0v) is 3.91. The minimum absolute atomic E-state index is 1.00. The van der Waals surface area contributed by atoms with Crippen LogP contribution >= 0.6 is 0 Å². The molecule has 0 amide bonds. The van der Waals surface area contributed by atoms with Crippen LogP contribution in [0, 0.1) is 0 Å². The second-order valence-electron chi connectivity index (χ2n) is 0.0772. The van der Waals surface area contributed by atoms with E-state index in [-0.39, 0.29) is 0 Å². The Morgan fingerprint density at radius 1 is 1.80 bits per heavy atom. The predicted molar refractivity (Wildman–Crippen MR) is 13.8 cm³/mol. The first kappa shape index (κ1) is 8.91. The van der Waals surface area contributed by atoms with Crippen molar-refractivity contribution in [2.24, 2.45) is 0 Å². The van der Waals surface area contributed by atoms with Crippen molar-refractivity contribution in [1.82, 2.24) is 0 Å². The van der Waals surface area contributed by atoms with Gasteiger partial charge in [-0.2, -0.15) is 0 Å². The van der Waals surface area contributed by atoms with Gasteiger partial charge in [0.1, 0.15) is 0 Å². The molecule has 0 unspecified atom stereocenters. The summed E-state index contributed by atoms with van der Waals surface area (Å²) in [7, 11) is 1.00. The van der Waals surface area contributed by atoms with E-state index in [0.29, 0.717) is 0 Å². The molecule has 0 rings (SSSR count). The molecule has 0 aliphatic rings. The van der Waals surface area contributed by atoms with Gasteiger partial charge in [0.2, 0.25) is 0 Å². The Morgan fingerprint density at radius 3 is 1.80 bits per heavy atom. The van der Waals surface area contributed by atoms with Crippen molar-refractivity contribution in [1.29, 1.82) is 0 Å². The fourth-order valence-corrected chi connectivity index (χ4v) is 0. The van der Waals surface area contributed by atoms with Gasteiger partial charge < -0.3 is 5.11 Å². The van der Waals surface area contributed by atoms with Crippen LogP contribution in [0.25, 0.3) is 0 Å². The van der Waals surface area contributed by atoms with Crippen LogP contribution < -0.4 is 0 Å². The van der Waals surface area contributed by atoms with Crippen LogP contribution in [0.2, 0.25) is 0 Å². The van der Waals surface area contributed by atoms with Gasteiger partial charge in [-0.1, -0.05) is 0 Å². The average Bonchev–Trinajstić information content (AvgIpc) is 1.46. The molecule has 0 saturated heterocycles. The first-order valence-electron chi connectivity index (χ1n) is 0.840. The molecule has 0 atom stereocenters. The molecule has 0 aromatic rings. The Hall–Kier alpha value is 0.0595. The molecule has 0 radical (unpaired) electrons. The molecule has 1 N–H and O–H groups in total. The number of hydrogen-bond acceptors (Lipinski definition) is 2. The molecule has 0 aromatic heterocycles. The van der Waals surface area contributed by atoms with E-state index in [2.05, 4.69) is 15.6 Å². The van der Waals surface area contributed by atoms with E-state index in [1.54, 1.807) is 0 Å². The van der Waals surface area contributed by atoms with Gasteiger partial charge in [0.05, 0.1) is 0 Å². The van der Waals surface area contributed by atoms with Gasteiger partial charge in [-0.15, -0.1) is 0 Å². The summed E-state index contributed by atoms with van der Waals surface area (Å²) in [5.74, 6) is 0. The van der Waals surface area contributed by atoms with E-state index in [1.165, 1.54) is 4.79 Å². The van der Waals surface area contributed by atoms with Gasteiger partial charge in [-0.25, -0.2) is 0 Å². The van der Waals surface area contributed by atoms with Crippen LogP contribution in [0.4, 0.5) is 0 Å². The van der Waals surface area contributed by atoms with Gasteiger partial charge in [0.15, 0.2) is 0 Å². The monoisotopic (exact) mass is 115 g/mol. The summed E-state index contributed by atoms with van der Waals surface area (Å²) in [4.78, 5) is 9.91. The average molecular weight is 115 g/mol. The van der Waals surface area contributed by atoms with Crippen LogP contribution in [0.15, 0.2) is 0 Å². The zero-order chi connectivity index (χ0) is 4.71. The fourth-order valence-electron chi connectivity index (χ4n) is 0. The number of carbonyl (C=O) groups excluding carboxylic acids is 1. The van der Waals surface area contributed by atoms with Crippen molar-refractivity contribution in [2.75, 3.05) is 7.11 Å². The summed E-state index contributed by atoms with van der Waals surface area (Å²) in [6, 6.07) is 0. The molecule has 0 heterocycles. The molecule has 5 heavy (non-hydrogen) atoms. The molecule has 0 aliphatic heterocycles. The van der Waals surface area contributed by atoms with E-state index in [4.69, 9.17) is 9.90 Å². The van der Waals surface area contributed by atoms with Crippen LogP contribution in [-0.2, 0) is 20.4 Å². The van der Waals surface area contributed by atoms with Crippen molar-refractivity contribution in [3.05, 3.63) is 0 Å². The Labute approximate surface area is 38.2 Å². The van der Waals surface area contributed by atoms with Gasteiger partial charge in [-0.05, 0) is 0 Å². The van der Waals surface area contributed by atoms with Gasteiger partial charge in [0, 0.05) is 7.11 Å². The zero-order valence-electron chi connectivity index (χ0n) is 2.73. The fraction of sp³-hybridized carbons (Fsp3) is 0.500.